The lowest BCUT2D eigenvalue weighted by molar-refractivity contribution is 0.0941. The predicted octanol–water partition coefficient (Wildman–Crippen LogP) is 2.60. The van der Waals surface area contributed by atoms with Crippen LogP contribution in [-0.2, 0) is 0 Å². The molecule has 0 aliphatic heterocycles. The first-order chi connectivity index (χ1) is 7.04. The fourth-order valence-electron chi connectivity index (χ4n) is 1.00. The minimum absolute atomic E-state index is 0. The van der Waals surface area contributed by atoms with E-state index in [1.807, 2.05) is 6.92 Å². The first-order valence-corrected chi connectivity index (χ1v) is 5.67. The molecular weight excluding hydrogens is 315 g/mol. The smallest absolute Gasteiger partial charge is 0.251 e. The van der Waals surface area contributed by atoms with Crippen LogP contribution in [0.1, 0.15) is 17.3 Å². The molecule has 3 nitrogen and oxygen atoms in total. The lowest BCUT2D eigenvalue weighted by atomic mass is 10.2. The number of hydrogen-bond donors (Lipinski definition) is 2. The van der Waals surface area contributed by atoms with Gasteiger partial charge in [-0.25, -0.2) is 0 Å². The Morgan fingerprint density at radius 1 is 1.62 bits per heavy atom. The third-order valence-corrected chi connectivity index (χ3v) is 3.15. The van der Waals surface area contributed by atoms with E-state index < -0.39 is 0 Å². The zero-order valence-electron chi connectivity index (χ0n) is 8.67. The molecule has 0 heterocycles. The van der Waals surface area contributed by atoms with Crippen LogP contribution in [-0.4, -0.2) is 18.5 Å². The normalized spacial score (nSPS) is 11.5. The molecule has 0 aliphatic rings. The molecule has 3 N–H and O–H groups in total. The molecule has 1 rings (SSSR count). The Balaban J connectivity index is 0.00000225. The third-order valence-electron chi connectivity index (χ3n) is 1.91. The molecule has 0 unspecified atom stereocenters. The van der Waals surface area contributed by atoms with E-state index in [-0.39, 0.29) is 24.4 Å². The maximum atomic E-state index is 11.6. The quantitative estimate of drug-likeness (QED) is 0.896. The molecule has 1 aromatic carbocycles. The number of nitrogens with two attached hydrogens (primary N) is 1. The Hall–Kier alpha value is -0.290. The van der Waals surface area contributed by atoms with Gasteiger partial charge >= 0.3 is 0 Å². The summed E-state index contributed by atoms with van der Waals surface area (Å²) in [5.74, 6) is -0.164. The fourth-order valence-corrected chi connectivity index (χ4v) is 1.43. The highest BCUT2D eigenvalue weighted by Gasteiger charge is 2.09. The van der Waals surface area contributed by atoms with E-state index in [2.05, 4.69) is 21.2 Å². The van der Waals surface area contributed by atoms with Crippen molar-refractivity contribution in [3.8, 4) is 0 Å². The third kappa shape index (κ3) is 4.29. The second kappa shape index (κ2) is 7.12. The highest BCUT2D eigenvalue weighted by molar-refractivity contribution is 9.10. The summed E-state index contributed by atoms with van der Waals surface area (Å²) in [5, 5.41) is 3.27. The van der Waals surface area contributed by atoms with E-state index in [9.17, 15) is 4.79 Å². The van der Waals surface area contributed by atoms with Crippen LogP contribution >= 0.6 is 39.9 Å². The topological polar surface area (TPSA) is 55.1 Å². The van der Waals surface area contributed by atoms with Gasteiger partial charge in [-0.15, -0.1) is 12.4 Å². The first-order valence-electron chi connectivity index (χ1n) is 4.50. The van der Waals surface area contributed by atoms with Gasteiger partial charge in [0.25, 0.3) is 5.91 Å². The van der Waals surface area contributed by atoms with Crippen molar-refractivity contribution in [3.63, 3.8) is 0 Å². The number of benzene rings is 1. The molecule has 1 atom stereocenters. The highest BCUT2D eigenvalue weighted by Crippen LogP contribution is 2.23. The van der Waals surface area contributed by atoms with Crippen LogP contribution in [0.15, 0.2) is 22.7 Å². The highest BCUT2D eigenvalue weighted by atomic mass is 79.9. The van der Waals surface area contributed by atoms with Crippen LogP contribution in [0.2, 0.25) is 5.02 Å². The van der Waals surface area contributed by atoms with Gasteiger partial charge in [-0.2, -0.15) is 0 Å². The summed E-state index contributed by atoms with van der Waals surface area (Å²) in [5.41, 5.74) is 5.94. The molecule has 16 heavy (non-hydrogen) atoms. The molecule has 0 radical (unpaired) electrons. The number of carbonyl (C=O) groups is 1. The maximum absolute atomic E-state index is 11.6. The monoisotopic (exact) mass is 326 g/mol. The summed E-state index contributed by atoms with van der Waals surface area (Å²) in [6.45, 7) is 2.26. The lowest BCUT2D eigenvalue weighted by Crippen LogP contribution is -2.37. The van der Waals surface area contributed by atoms with E-state index in [0.29, 0.717) is 17.1 Å². The van der Waals surface area contributed by atoms with Gasteiger partial charge in [0.05, 0.1) is 5.02 Å². The summed E-state index contributed by atoms with van der Waals surface area (Å²) < 4.78 is 0.771. The van der Waals surface area contributed by atoms with Gasteiger partial charge in [-0.1, -0.05) is 11.6 Å². The van der Waals surface area contributed by atoms with Crippen molar-refractivity contribution in [3.05, 3.63) is 33.3 Å². The first kappa shape index (κ1) is 15.7. The van der Waals surface area contributed by atoms with Gasteiger partial charge in [0.1, 0.15) is 0 Å². The van der Waals surface area contributed by atoms with Gasteiger partial charge in [-0.05, 0) is 41.1 Å². The van der Waals surface area contributed by atoms with Crippen LogP contribution < -0.4 is 11.1 Å². The van der Waals surface area contributed by atoms with Crippen LogP contribution in [0.5, 0.6) is 0 Å². The second-order valence-corrected chi connectivity index (χ2v) is 4.50. The fraction of sp³-hybridized carbons (Fsp3) is 0.300. The van der Waals surface area contributed by atoms with E-state index in [1.165, 1.54) is 0 Å². The molecule has 0 saturated carbocycles. The van der Waals surface area contributed by atoms with Gasteiger partial charge in [0.15, 0.2) is 0 Å². The van der Waals surface area contributed by atoms with Crippen molar-refractivity contribution in [1.29, 1.82) is 0 Å². The van der Waals surface area contributed by atoms with Crippen LogP contribution in [0.25, 0.3) is 0 Å². The Bertz CT molecular complexity index is 374. The summed E-state index contributed by atoms with van der Waals surface area (Å²) in [4.78, 5) is 11.6. The van der Waals surface area contributed by atoms with E-state index >= 15 is 0 Å². The number of nitrogens with one attached hydrogen (secondary N) is 1. The number of amides is 1. The number of hydrogen-bond acceptors (Lipinski definition) is 2. The average molecular weight is 328 g/mol. The van der Waals surface area contributed by atoms with Crippen molar-refractivity contribution in [2.45, 2.75) is 13.0 Å². The zero-order valence-corrected chi connectivity index (χ0v) is 11.8. The average Bonchev–Trinajstić information content (AvgIpc) is 2.21. The summed E-state index contributed by atoms with van der Waals surface area (Å²) in [6.07, 6.45) is 0. The SMILES string of the molecule is C[C@H](CN)NC(=O)c1ccc(Br)c(Cl)c1.Cl. The molecular formula is C10H13BrCl2N2O. The molecule has 1 aromatic rings. The van der Waals surface area contributed by atoms with Crippen LogP contribution in [0, 0.1) is 0 Å². The van der Waals surface area contributed by atoms with E-state index in [0.717, 1.165) is 4.47 Å². The zero-order chi connectivity index (χ0) is 11.4. The van der Waals surface area contributed by atoms with Crippen molar-refractivity contribution in [2.24, 2.45) is 5.73 Å². The van der Waals surface area contributed by atoms with Gasteiger partial charge in [0.2, 0.25) is 0 Å². The Morgan fingerprint density at radius 2 is 2.25 bits per heavy atom. The molecule has 0 spiro atoms. The largest absolute Gasteiger partial charge is 0.348 e. The predicted molar refractivity (Wildman–Crippen MR) is 72.4 cm³/mol. The van der Waals surface area contributed by atoms with Gasteiger partial charge in [0, 0.05) is 22.6 Å². The summed E-state index contributed by atoms with van der Waals surface area (Å²) in [6, 6.07) is 5.02. The van der Waals surface area contributed by atoms with E-state index in [4.69, 9.17) is 17.3 Å². The van der Waals surface area contributed by atoms with Crippen molar-refractivity contribution >= 4 is 45.8 Å². The Labute approximate surface area is 114 Å². The number of rotatable bonds is 3. The second-order valence-electron chi connectivity index (χ2n) is 3.24. The maximum Gasteiger partial charge on any atom is 0.251 e. The minimum Gasteiger partial charge on any atom is -0.348 e. The minimum atomic E-state index is -0.164. The molecule has 0 saturated heterocycles. The molecule has 0 bridgehead atoms. The summed E-state index contributed by atoms with van der Waals surface area (Å²) in [7, 11) is 0. The molecule has 0 aliphatic carbocycles. The molecule has 1 amide bonds. The number of carbonyl (C=O) groups excluding carboxylic acids is 1. The van der Waals surface area contributed by atoms with Gasteiger partial charge in [-0.3, -0.25) is 4.79 Å². The molecule has 0 fully saturated rings. The standard InChI is InChI=1S/C10H12BrClN2O.ClH/c1-6(5-13)14-10(15)7-2-3-8(11)9(12)4-7;/h2-4,6H,5,13H2,1H3,(H,14,15);1H/t6-;/m1./s1. The Kier molecular flexibility index (Phi) is 6.99. The van der Waals surface area contributed by atoms with Crippen LogP contribution in [0.4, 0.5) is 0 Å². The summed E-state index contributed by atoms with van der Waals surface area (Å²) >= 11 is 9.14. The number of halogens is 3. The van der Waals surface area contributed by atoms with Crippen LogP contribution in [0.3, 0.4) is 0 Å². The Morgan fingerprint density at radius 3 is 2.75 bits per heavy atom. The molecule has 90 valence electrons. The van der Waals surface area contributed by atoms with Crippen molar-refractivity contribution in [1.82, 2.24) is 5.32 Å². The lowest BCUT2D eigenvalue weighted by Gasteiger charge is -2.11. The van der Waals surface area contributed by atoms with Crippen molar-refractivity contribution in [2.75, 3.05) is 6.54 Å². The van der Waals surface area contributed by atoms with Crippen molar-refractivity contribution < 1.29 is 4.79 Å². The molecule has 0 aromatic heterocycles. The van der Waals surface area contributed by atoms with E-state index in [1.54, 1.807) is 18.2 Å². The molecule has 6 heteroatoms. The van der Waals surface area contributed by atoms with Gasteiger partial charge < -0.3 is 11.1 Å².